The molecular formula is C25H28N2O2. The minimum Gasteiger partial charge on any atom is -0.441 e. The number of aryl methyl sites for hydroxylation is 1. The fourth-order valence-corrected chi connectivity index (χ4v) is 4.08. The molecule has 4 heteroatoms. The quantitative estimate of drug-likeness (QED) is 0.520. The van der Waals surface area contributed by atoms with Gasteiger partial charge in [-0.15, -0.1) is 0 Å². The monoisotopic (exact) mass is 388 g/mol. The maximum absolute atomic E-state index is 11.6. The molecule has 1 aliphatic heterocycles. The van der Waals surface area contributed by atoms with Crippen LogP contribution in [-0.4, -0.2) is 34.8 Å². The van der Waals surface area contributed by atoms with Gasteiger partial charge in [-0.05, 0) is 69.5 Å². The summed E-state index contributed by atoms with van der Waals surface area (Å²) < 4.78 is 5.96. The van der Waals surface area contributed by atoms with E-state index in [1.807, 2.05) is 43.3 Å². The number of hydrogen-bond donors (Lipinski definition) is 0. The number of hydrogen-bond acceptors (Lipinski definition) is 4. The molecule has 1 unspecified atom stereocenters. The molecule has 0 bridgehead atoms. The van der Waals surface area contributed by atoms with E-state index in [4.69, 9.17) is 9.40 Å². The fourth-order valence-electron chi connectivity index (χ4n) is 4.08. The van der Waals surface area contributed by atoms with Gasteiger partial charge in [-0.2, -0.15) is 0 Å². The number of likely N-dealkylation sites (tertiary alicyclic amines) is 1. The van der Waals surface area contributed by atoms with E-state index in [2.05, 4.69) is 24.0 Å². The van der Waals surface area contributed by atoms with Crippen molar-refractivity contribution < 1.29 is 9.21 Å². The lowest BCUT2D eigenvalue weighted by Gasteiger charge is -2.20. The first-order valence-electron chi connectivity index (χ1n) is 10.4. The number of aromatic nitrogens is 1. The van der Waals surface area contributed by atoms with Crippen LogP contribution in [0.3, 0.4) is 0 Å². The van der Waals surface area contributed by atoms with Gasteiger partial charge in [-0.1, -0.05) is 30.3 Å². The van der Waals surface area contributed by atoms with E-state index < -0.39 is 0 Å². The summed E-state index contributed by atoms with van der Waals surface area (Å²) in [5.74, 6) is 1.66. The predicted molar refractivity (Wildman–Crippen MR) is 116 cm³/mol. The lowest BCUT2D eigenvalue weighted by molar-refractivity contribution is 0.101. The second-order valence-corrected chi connectivity index (χ2v) is 8.01. The smallest absolute Gasteiger partial charge is 0.226 e. The average molecular weight is 389 g/mol. The number of ketones is 1. The third-order valence-corrected chi connectivity index (χ3v) is 5.95. The molecule has 1 atom stereocenters. The van der Waals surface area contributed by atoms with Gasteiger partial charge in [0.1, 0.15) is 5.76 Å². The Hall–Kier alpha value is -2.72. The third kappa shape index (κ3) is 4.33. The molecule has 1 aromatic heterocycles. The standard InChI is InChI=1S/C25H28N2O2/c1-17-6-5-14-27(17)15-13-24-19(3)29-25(26-24)21-11-9-20(10-12-21)23-8-4-7-22(16-23)18(2)28/h4,7-12,16-17H,5-6,13-15H2,1-3H3. The highest BCUT2D eigenvalue weighted by Crippen LogP contribution is 2.27. The summed E-state index contributed by atoms with van der Waals surface area (Å²) in [7, 11) is 0. The van der Waals surface area contributed by atoms with Crippen molar-refractivity contribution >= 4 is 5.78 Å². The lowest BCUT2D eigenvalue weighted by atomic mass is 10.0. The van der Waals surface area contributed by atoms with Crippen LogP contribution in [0.4, 0.5) is 0 Å². The number of carbonyl (C=O) groups excluding carboxylic acids is 1. The van der Waals surface area contributed by atoms with Crippen LogP contribution in [0.15, 0.2) is 52.9 Å². The van der Waals surface area contributed by atoms with Crippen LogP contribution < -0.4 is 0 Å². The minimum atomic E-state index is 0.0783. The van der Waals surface area contributed by atoms with Gasteiger partial charge in [0.15, 0.2) is 5.78 Å². The lowest BCUT2D eigenvalue weighted by Crippen LogP contribution is -2.29. The molecule has 2 heterocycles. The molecule has 3 aromatic rings. The van der Waals surface area contributed by atoms with E-state index in [1.54, 1.807) is 6.92 Å². The van der Waals surface area contributed by atoms with Crippen molar-refractivity contribution in [1.29, 1.82) is 0 Å². The zero-order valence-corrected chi connectivity index (χ0v) is 17.4. The molecule has 0 N–H and O–H groups in total. The van der Waals surface area contributed by atoms with Crippen molar-refractivity contribution in [2.24, 2.45) is 0 Å². The van der Waals surface area contributed by atoms with Crippen molar-refractivity contribution in [3.8, 4) is 22.6 Å². The van der Waals surface area contributed by atoms with Crippen molar-refractivity contribution in [2.75, 3.05) is 13.1 Å². The zero-order chi connectivity index (χ0) is 20.4. The Balaban J connectivity index is 1.49. The Morgan fingerprint density at radius 2 is 1.90 bits per heavy atom. The normalized spacial score (nSPS) is 17.0. The van der Waals surface area contributed by atoms with E-state index >= 15 is 0 Å². The van der Waals surface area contributed by atoms with Crippen LogP contribution in [0, 0.1) is 6.92 Å². The van der Waals surface area contributed by atoms with Gasteiger partial charge in [0.2, 0.25) is 5.89 Å². The van der Waals surface area contributed by atoms with E-state index in [0.717, 1.165) is 46.7 Å². The molecule has 4 rings (SSSR count). The van der Waals surface area contributed by atoms with Crippen LogP contribution in [0.25, 0.3) is 22.6 Å². The highest BCUT2D eigenvalue weighted by molar-refractivity contribution is 5.95. The summed E-state index contributed by atoms with van der Waals surface area (Å²) in [6.07, 6.45) is 3.52. The first-order valence-corrected chi connectivity index (χ1v) is 10.4. The molecule has 150 valence electrons. The van der Waals surface area contributed by atoms with Gasteiger partial charge in [0.05, 0.1) is 5.69 Å². The van der Waals surface area contributed by atoms with E-state index in [9.17, 15) is 4.79 Å². The van der Waals surface area contributed by atoms with E-state index in [0.29, 0.717) is 11.9 Å². The molecule has 4 nitrogen and oxygen atoms in total. The Bertz CT molecular complexity index is 1000. The first kappa shape index (κ1) is 19.6. The highest BCUT2D eigenvalue weighted by Gasteiger charge is 2.21. The summed E-state index contributed by atoms with van der Waals surface area (Å²) in [6.45, 7) is 8.13. The minimum absolute atomic E-state index is 0.0783. The fraction of sp³-hybridized carbons (Fsp3) is 0.360. The Kier molecular flexibility index (Phi) is 5.63. The van der Waals surface area contributed by atoms with Crippen molar-refractivity contribution in [1.82, 2.24) is 9.88 Å². The third-order valence-electron chi connectivity index (χ3n) is 5.95. The predicted octanol–water partition coefficient (Wildman–Crippen LogP) is 5.55. The van der Waals surface area contributed by atoms with Crippen LogP contribution >= 0.6 is 0 Å². The van der Waals surface area contributed by atoms with Crippen molar-refractivity contribution in [3.05, 3.63) is 65.5 Å². The van der Waals surface area contributed by atoms with E-state index in [-0.39, 0.29) is 5.78 Å². The number of oxazole rings is 1. The van der Waals surface area contributed by atoms with E-state index in [1.165, 1.54) is 19.4 Å². The number of carbonyl (C=O) groups is 1. The largest absolute Gasteiger partial charge is 0.441 e. The van der Waals surface area contributed by atoms with Gasteiger partial charge >= 0.3 is 0 Å². The van der Waals surface area contributed by atoms with Crippen molar-refractivity contribution in [3.63, 3.8) is 0 Å². The average Bonchev–Trinajstić information content (AvgIpc) is 3.31. The molecule has 0 spiro atoms. The molecule has 0 saturated carbocycles. The molecule has 1 saturated heterocycles. The summed E-state index contributed by atoms with van der Waals surface area (Å²) in [5.41, 5.74) is 4.86. The molecular weight excluding hydrogens is 360 g/mol. The molecule has 2 aromatic carbocycles. The first-order chi connectivity index (χ1) is 14.0. The second-order valence-electron chi connectivity index (χ2n) is 8.01. The van der Waals surface area contributed by atoms with Crippen LogP contribution in [0.5, 0.6) is 0 Å². The topological polar surface area (TPSA) is 46.3 Å². The maximum atomic E-state index is 11.6. The number of rotatable bonds is 6. The molecule has 0 radical (unpaired) electrons. The van der Waals surface area contributed by atoms with Gasteiger partial charge in [-0.25, -0.2) is 4.98 Å². The van der Waals surface area contributed by atoms with Gasteiger partial charge in [0, 0.05) is 30.1 Å². The second kappa shape index (κ2) is 8.34. The summed E-state index contributed by atoms with van der Waals surface area (Å²) >= 11 is 0. The Morgan fingerprint density at radius 1 is 1.14 bits per heavy atom. The Labute approximate surface area is 172 Å². The SMILES string of the molecule is CC(=O)c1cccc(-c2ccc(-c3nc(CCN4CCCC4C)c(C)o3)cc2)c1. The highest BCUT2D eigenvalue weighted by atomic mass is 16.4. The number of nitrogens with zero attached hydrogens (tertiary/aromatic N) is 2. The zero-order valence-electron chi connectivity index (χ0n) is 17.4. The van der Waals surface area contributed by atoms with Gasteiger partial charge < -0.3 is 9.32 Å². The molecule has 1 aliphatic rings. The van der Waals surface area contributed by atoms with Gasteiger partial charge in [-0.3, -0.25) is 4.79 Å². The number of Topliss-reactive ketones (excluding diaryl/α,β-unsaturated/α-hetero) is 1. The molecule has 1 fully saturated rings. The summed E-state index contributed by atoms with van der Waals surface area (Å²) in [4.78, 5) is 18.9. The van der Waals surface area contributed by atoms with Crippen LogP contribution in [0.1, 0.15) is 48.5 Å². The maximum Gasteiger partial charge on any atom is 0.226 e. The van der Waals surface area contributed by atoms with Crippen LogP contribution in [0.2, 0.25) is 0 Å². The molecule has 0 amide bonds. The Morgan fingerprint density at radius 3 is 2.59 bits per heavy atom. The van der Waals surface area contributed by atoms with Gasteiger partial charge in [0.25, 0.3) is 0 Å². The summed E-state index contributed by atoms with van der Waals surface area (Å²) in [5, 5.41) is 0. The summed E-state index contributed by atoms with van der Waals surface area (Å²) in [6, 6.07) is 16.6. The molecule has 0 aliphatic carbocycles. The number of benzene rings is 2. The van der Waals surface area contributed by atoms with Crippen molar-refractivity contribution in [2.45, 2.75) is 46.1 Å². The van der Waals surface area contributed by atoms with Crippen LogP contribution in [-0.2, 0) is 6.42 Å². The molecule has 29 heavy (non-hydrogen) atoms.